The molecule has 0 saturated heterocycles. The summed E-state index contributed by atoms with van der Waals surface area (Å²) in [6.45, 7) is 0. The van der Waals surface area contributed by atoms with Gasteiger partial charge in [0.1, 0.15) is 5.82 Å². The van der Waals surface area contributed by atoms with Crippen molar-refractivity contribution >= 4 is 28.9 Å². The Hall–Kier alpha value is -2.11. The Morgan fingerprint density at radius 3 is 2.63 bits per heavy atom. The van der Waals surface area contributed by atoms with Crippen LogP contribution in [0, 0.1) is 5.82 Å². The highest BCUT2D eigenvalue weighted by molar-refractivity contribution is 6.31. The van der Waals surface area contributed by atoms with Gasteiger partial charge in [0.2, 0.25) is 0 Å². The summed E-state index contributed by atoms with van der Waals surface area (Å²) >= 11 is 5.81. The van der Waals surface area contributed by atoms with E-state index in [9.17, 15) is 9.18 Å². The van der Waals surface area contributed by atoms with Crippen LogP contribution in [0.3, 0.4) is 0 Å². The number of anilines is 2. The average molecular weight is 280 g/mol. The molecule has 0 radical (unpaired) electrons. The SMILES string of the molecule is NNc1c(F)cccc1C(=O)Nc1cccc(Cl)c1. The zero-order valence-corrected chi connectivity index (χ0v) is 10.5. The summed E-state index contributed by atoms with van der Waals surface area (Å²) in [5.74, 6) is 4.14. The Morgan fingerprint density at radius 2 is 1.95 bits per heavy atom. The maximum absolute atomic E-state index is 13.5. The molecule has 0 aliphatic carbocycles. The molecule has 0 fully saturated rings. The highest BCUT2D eigenvalue weighted by atomic mass is 35.5. The van der Waals surface area contributed by atoms with Crippen LogP contribution in [0.5, 0.6) is 0 Å². The van der Waals surface area contributed by atoms with E-state index >= 15 is 0 Å². The van der Waals surface area contributed by atoms with E-state index in [2.05, 4.69) is 10.7 Å². The van der Waals surface area contributed by atoms with Crippen molar-refractivity contribution in [2.75, 3.05) is 10.7 Å². The van der Waals surface area contributed by atoms with Gasteiger partial charge in [0.05, 0.1) is 11.3 Å². The maximum Gasteiger partial charge on any atom is 0.257 e. The molecule has 0 saturated carbocycles. The highest BCUT2D eigenvalue weighted by Crippen LogP contribution is 2.21. The molecule has 0 aliphatic heterocycles. The van der Waals surface area contributed by atoms with Crippen molar-refractivity contribution in [2.45, 2.75) is 0 Å². The average Bonchev–Trinajstić information content (AvgIpc) is 2.38. The second kappa shape index (κ2) is 5.69. The van der Waals surface area contributed by atoms with Gasteiger partial charge < -0.3 is 10.7 Å². The van der Waals surface area contributed by atoms with E-state index in [4.69, 9.17) is 17.4 Å². The fraction of sp³-hybridized carbons (Fsp3) is 0. The van der Waals surface area contributed by atoms with E-state index in [1.165, 1.54) is 18.2 Å². The van der Waals surface area contributed by atoms with Gasteiger partial charge in [-0.15, -0.1) is 0 Å². The molecule has 2 aromatic carbocycles. The van der Waals surface area contributed by atoms with Crippen LogP contribution >= 0.6 is 11.6 Å². The molecule has 6 heteroatoms. The monoisotopic (exact) mass is 279 g/mol. The number of nitrogen functional groups attached to an aromatic ring is 1. The number of benzene rings is 2. The number of halogens is 2. The van der Waals surface area contributed by atoms with Crippen molar-refractivity contribution in [1.29, 1.82) is 0 Å². The number of nitrogens with one attached hydrogen (secondary N) is 2. The van der Waals surface area contributed by atoms with Crippen molar-refractivity contribution in [3.63, 3.8) is 0 Å². The number of para-hydroxylation sites is 1. The standard InChI is InChI=1S/C13H11ClFN3O/c14-8-3-1-4-9(7-8)17-13(19)10-5-2-6-11(15)12(10)18-16/h1-7,18H,16H2,(H,17,19). The van der Waals surface area contributed by atoms with Crippen molar-refractivity contribution in [1.82, 2.24) is 0 Å². The summed E-state index contributed by atoms with van der Waals surface area (Å²) < 4.78 is 13.5. The highest BCUT2D eigenvalue weighted by Gasteiger charge is 2.14. The number of hydrazine groups is 1. The number of carbonyl (C=O) groups is 1. The molecule has 2 aromatic rings. The molecule has 0 aliphatic rings. The van der Waals surface area contributed by atoms with Crippen molar-refractivity contribution < 1.29 is 9.18 Å². The van der Waals surface area contributed by atoms with Gasteiger partial charge >= 0.3 is 0 Å². The smallest absolute Gasteiger partial charge is 0.257 e. The third kappa shape index (κ3) is 3.01. The van der Waals surface area contributed by atoms with Gasteiger partial charge in [-0.2, -0.15) is 0 Å². The molecule has 0 heterocycles. The van der Waals surface area contributed by atoms with Crippen LogP contribution in [0.4, 0.5) is 15.8 Å². The summed E-state index contributed by atoms with van der Waals surface area (Å²) in [5.41, 5.74) is 2.76. The minimum absolute atomic E-state index is 0.0537. The van der Waals surface area contributed by atoms with Gasteiger partial charge in [-0.25, -0.2) is 4.39 Å². The van der Waals surface area contributed by atoms with E-state index < -0.39 is 11.7 Å². The topological polar surface area (TPSA) is 67.1 Å². The Morgan fingerprint density at radius 1 is 1.21 bits per heavy atom. The lowest BCUT2D eigenvalue weighted by atomic mass is 10.1. The lowest BCUT2D eigenvalue weighted by molar-refractivity contribution is 0.102. The van der Waals surface area contributed by atoms with E-state index in [-0.39, 0.29) is 11.3 Å². The predicted molar refractivity (Wildman–Crippen MR) is 73.6 cm³/mol. The Labute approximate surface area is 114 Å². The summed E-state index contributed by atoms with van der Waals surface area (Å²) in [7, 11) is 0. The van der Waals surface area contributed by atoms with Crippen molar-refractivity contribution in [3.8, 4) is 0 Å². The molecular weight excluding hydrogens is 269 g/mol. The Kier molecular flexibility index (Phi) is 3.99. The first-order valence-corrected chi connectivity index (χ1v) is 5.81. The molecule has 0 spiro atoms. The first-order valence-electron chi connectivity index (χ1n) is 5.44. The molecule has 0 atom stereocenters. The van der Waals surface area contributed by atoms with Crippen LogP contribution in [-0.4, -0.2) is 5.91 Å². The van der Waals surface area contributed by atoms with Gasteiger partial charge in [-0.05, 0) is 30.3 Å². The minimum atomic E-state index is -0.596. The quantitative estimate of drug-likeness (QED) is 0.598. The lowest BCUT2D eigenvalue weighted by Crippen LogP contribution is -2.18. The van der Waals surface area contributed by atoms with Gasteiger partial charge in [0, 0.05) is 10.7 Å². The molecule has 0 bridgehead atoms. The molecule has 0 aromatic heterocycles. The molecular formula is C13H11ClFN3O. The first kappa shape index (κ1) is 13.3. The number of nitrogens with two attached hydrogens (primary N) is 1. The van der Waals surface area contributed by atoms with Crippen LogP contribution in [0.15, 0.2) is 42.5 Å². The van der Waals surface area contributed by atoms with Gasteiger partial charge in [-0.3, -0.25) is 10.6 Å². The molecule has 4 N–H and O–H groups in total. The van der Waals surface area contributed by atoms with Gasteiger partial charge in [0.25, 0.3) is 5.91 Å². The number of rotatable bonds is 3. The second-order valence-electron chi connectivity index (χ2n) is 3.77. The predicted octanol–water partition coefficient (Wildman–Crippen LogP) is 3.02. The third-order valence-corrected chi connectivity index (χ3v) is 2.72. The summed E-state index contributed by atoms with van der Waals surface area (Å²) in [6, 6.07) is 10.8. The summed E-state index contributed by atoms with van der Waals surface area (Å²) in [6.07, 6.45) is 0. The van der Waals surface area contributed by atoms with Crippen LogP contribution in [-0.2, 0) is 0 Å². The Balaban J connectivity index is 2.28. The lowest BCUT2D eigenvalue weighted by Gasteiger charge is -2.10. The minimum Gasteiger partial charge on any atom is -0.322 e. The van der Waals surface area contributed by atoms with Crippen LogP contribution in [0.25, 0.3) is 0 Å². The molecule has 2 rings (SSSR count). The van der Waals surface area contributed by atoms with E-state index in [0.29, 0.717) is 10.7 Å². The largest absolute Gasteiger partial charge is 0.322 e. The molecule has 98 valence electrons. The normalized spacial score (nSPS) is 10.1. The van der Waals surface area contributed by atoms with Crippen LogP contribution in [0.1, 0.15) is 10.4 Å². The fourth-order valence-corrected chi connectivity index (χ4v) is 1.82. The van der Waals surface area contributed by atoms with Gasteiger partial charge in [-0.1, -0.05) is 23.7 Å². The molecule has 0 unspecified atom stereocenters. The first-order chi connectivity index (χ1) is 9.11. The number of carbonyl (C=O) groups excluding carboxylic acids is 1. The zero-order chi connectivity index (χ0) is 13.8. The summed E-state index contributed by atoms with van der Waals surface area (Å²) in [4.78, 5) is 12.0. The third-order valence-electron chi connectivity index (χ3n) is 2.49. The number of amides is 1. The molecule has 1 amide bonds. The van der Waals surface area contributed by atoms with E-state index in [1.54, 1.807) is 24.3 Å². The summed E-state index contributed by atoms with van der Waals surface area (Å²) in [5, 5.41) is 3.11. The van der Waals surface area contributed by atoms with E-state index in [1.807, 2.05) is 0 Å². The zero-order valence-electron chi connectivity index (χ0n) is 9.78. The number of hydrogen-bond donors (Lipinski definition) is 3. The van der Waals surface area contributed by atoms with E-state index in [0.717, 1.165) is 0 Å². The van der Waals surface area contributed by atoms with Crippen LogP contribution < -0.4 is 16.6 Å². The maximum atomic E-state index is 13.5. The van der Waals surface area contributed by atoms with Crippen LogP contribution in [0.2, 0.25) is 5.02 Å². The fourth-order valence-electron chi connectivity index (χ4n) is 1.62. The second-order valence-corrected chi connectivity index (χ2v) is 4.21. The number of hydrogen-bond acceptors (Lipinski definition) is 3. The Bertz CT molecular complexity index is 619. The molecule has 4 nitrogen and oxygen atoms in total. The molecule has 19 heavy (non-hydrogen) atoms. The van der Waals surface area contributed by atoms with Gasteiger partial charge in [0.15, 0.2) is 0 Å². The van der Waals surface area contributed by atoms with Crippen molar-refractivity contribution in [3.05, 3.63) is 58.9 Å². The van der Waals surface area contributed by atoms with Crippen molar-refractivity contribution in [2.24, 2.45) is 5.84 Å².